The highest BCUT2D eigenvalue weighted by molar-refractivity contribution is 6.30. The maximum absolute atomic E-state index is 12.9. The zero-order valence-electron chi connectivity index (χ0n) is 14.6. The summed E-state index contributed by atoms with van der Waals surface area (Å²) in [5, 5.41) is 3.29. The molecule has 1 N–H and O–H groups in total. The second-order valence-electron chi connectivity index (χ2n) is 6.59. The van der Waals surface area contributed by atoms with E-state index < -0.39 is 0 Å². The smallest absolute Gasteiger partial charge is 0.322 e. The van der Waals surface area contributed by atoms with Gasteiger partial charge in [0.05, 0.1) is 22.8 Å². The highest BCUT2D eigenvalue weighted by Crippen LogP contribution is 2.34. The quantitative estimate of drug-likeness (QED) is 0.681. The number of anilines is 1. The topological polar surface area (TPSA) is 85.2 Å². The van der Waals surface area contributed by atoms with E-state index in [1.807, 2.05) is 0 Å². The molecule has 28 heavy (non-hydrogen) atoms. The van der Waals surface area contributed by atoms with E-state index in [4.69, 9.17) is 21.1 Å². The predicted octanol–water partition coefficient (Wildman–Crippen LogP) is 2.67. The van der Waals surface area contributed by atoms with E-state index in [0.717, 1.165) is 5.69 Å². The third-order valence-electron chi connectivity index (χ3n) is 4.84. The van der Waals surface area contributed by atoms with Gasteiger partial charge in [0, 0.05) is 30.9 Å². The van der Waals surface area contributed by atoms with Gasteiger partial charge in [-0.1, -0.05) is 11.6 Å². The monoisotopic (exact) mass is 398 g/mol. The molecule has 0 unspecified atom stereocenters. The first-order chi connectivity index (χ1) is 13.6. The van der Waals surface area contributed by atoms with Crippen molar-refractivity contribution in [2.75, 3.05) is 18.7 Å². The fourth-order valence-corrected chi connectivity index (χ4v) is 3.58. The molecule has 0 spiro atoms. The normalized spacial score (nSPS) is 14.8. The number of hydrogen-bond donors (Lipinski definition) is 1. The van der Waals surface area contributed by atoms with Crippen LogP contribution in [0.3, 0.4) is 0 Å². The van der Waals surface area contributed by atoms with Crippen LogP contribution in [0.4, 0.5) is 10.5 Å². The summed E-state index contributed by atoms with van der Waals surface area (Å²) in [4.78, 5) is 31.7. The Hall–Kier alpha value is -3.26. The molecule has 2 amide bonds. The van der Waals surface area contributed by atoms with Gasteiger partial charge in [0.15, 0.2) is 11.5 Å². The largest absolute Gasteiger partial charge is 0.454 e. The number of rotatable bonds is 1. The zero-order chi connectivity index (χ0) is 19.3. The molecule has 3 aromatic rings. The van der Waals surface area contributed by atoms with Crippen molar-refractivity contribution < 1.29 is 14.3 Å². The van der Waals surface area contributed by atoms with E-state index in [0.29, 0.717) is 46.4 Å². The third-order valence-corrected chi connectivity index (χ3v) is 5.07. The average molecular weight is 399 g/mol. The number of amides is 2. The molecule has 5 rings (SSSR count). The van der Waals surface area contributed by atoms with Gasteiger partial charge >= 0.3 is 6.03 Å². The lowest BCUT2D eigenvalue weighted by atomic mass is 10.1. The van der Waals surface area contributed by atoms with E-state index in [9.17, 15) is 9.59 Å². The molecule has 0 bridgehead atoms. The van der Waals surface area contributed by atoms with Crippen LogP contribution < -0.4 is 20.3 Å². The summed E-state index contributed by atoms with van der Waals surface area (Å²) >= 11 is 6.00. The Kier molecular flexibility index (Phi) is 3.87. The standard InChI is InChI=1S/C19H15ClN4O4/c20-11-1-4-17-22-14-5-6-23(9-13(14)18(25)24(17)8-11)19(26)21-12-2-3-15-16(7-12)28-10-27-15/h1-4,7-8H,5-6,9-10H2,(H,21,26). The molecular formula is C19H15ClN4O4. The van der Waals surface area contributed by atoms with Crippen LogP contribution in [0.25, 0.3) is 5.65 Å². The fraction of sp³-hybridized carbons (Fsp3) is 0.211. The molecule has 0 radical (unpaired) electrons. The molecule has 142 valence electrons. The molecule has 1 aromatic carbocycles. The molecule has 0 saturated heterocycles. The average Bonchev–Trinajstić information content (AvgIpc) is 3.16. The lowest BCUT2D eigenvalue weighted by Gasteiger charge is -2.28. The number of urea groups is 1. The lowest BCUT2D eigenvalue weighted by molar-refractivity contribution is 0.174. The van der Waals surface area contributed by atoms with Crippen molar-refractivity contribution in [3.05, 3.63) is 63.2 Å². The molecule has 2 aliphatic heterocycles. The SMILES string of the molecule is O=C(Nc1ccc2c(c1)OCO2)N1CCc2nc3ccc(Cl)cn3c(=O)c2C1. The van der Waals surface area contributed by atoms with Gasteiger partial charge in [-0.05, 0) is 24.3 Å². The van der Waals surface area contributed by atoms with E-state index in [1.54, 1.807) is 35.2 Å². The number of nitrogens with one attached hydrogen (secondary N) is 1. The summed E-state index contributed by atoms with van der Waals surface area (Å²) in [5.74, 6) is 1.24. The number of fused-ring (bicyclic) bond motifs is 3. The van der Waals surface area contributed by atoms with Crippen molar-refractivity contribution in [3.8, 4) is 11.5 Å². The minimum atomic E-state index is -0.292. The van der Waals surface area contributed by atoms with Gasteiger partial charge in [-0.2, -0.15) is 0 Å². The second kappa shape index (κ2) is 6.42. The van der Waals surface area contributed by atoms with Crippen LogP contribution >= 0.6 is 11.6 Å². The number of carbonyl (C=O) groups is 1. The molecule has 0 saturated carbocycles. The Labute approximate surface area is 164 Å². The van der Waals surface area contributed by atoms with E-state index in [1.165, 1.54) is 10.6 Å². The lowest BCUT2D eigenvalue weighted by Crippen LogP contribution is -2.42. The fourth-order valence-electron chi connectivity index (χ4n) is 3.42. The Balaban J connectivity index is 1.40. The number of aromatic nitrogens is 2. The third kappa shape index (κ3) is 2.82. The number of hydrogen-bond acceptors (Lipinski definition) is 5. The van der Waals surface area contributed by atoms with Gasteiger partial charge in [-0.25, -0.2) is 9.78 Å². The van der Waals surface area contributed by atoms with Gasteiger partial charge in [0.1, 0.15) is 5.65 Å². The summed E-state index contributed by atoms with van der Waals surface area (Å²) < 4.78 is 12.0. The second-order valence-corrected chi connectivity index (χ2v) is 7.02. The summed E-state index contributed by atoms with van der Waals surface area (Å²) in [6, 6.07) is 8.32. The molecule has 8 nitrogen and oxygen atoms in total. The minimum Gasteiger partial charge on any atom is -0.454 e. The number of halogens is 1. The molecule has 2 aliphatic rings. The molecule has 0 atom stereocenters. The number of nitrogens with zero attached hydrogens (tertiary/aromatic N) is 3. The number of carbonyl (C=O) groups excluding carboxylic acids is 1. The first-order valence-corrected chi connectivity index (χ1v) is 9.11. The molecular weight excluding hydrogens is 384 g/mol. The van der Waals surface area contributed by atoms with Gasteiger partial charge < -0.3 is 19.7 Å². The molecule has 2 aromatic heterocycles. The number of pyridine rings is 1. The summed E-state index contributed by atoms with van der Waals surface area (Å²) in [5.41, 5.74) is 2.17. The van der Waals surface area contributed by atoms with Crippen LogP contribution in [-0.2, 0) is 13.0 Å². The Morgan fingerprint density at radius 3 is 2.93 bits per heavy atom. The van der Waals surface area contributed by atoms with Gasteiger partial charge in [-0.15, -0.1) is 0 Å². The summed E-state index contributed by atoms with van der Waals surface area (Å²) in [6.45, 7) is 0.831. The van der Waals surface area contributed by atoms with Crippen molar-refractivity contribution >= 4 is 29.0 Å². The minimum absolute atomic E-state index is 0.171. The molecule has 0 aliphatic carbocycles. The van der Waals surface area contributed by atoms with E-state index >= 15 is 0 Å². The maximum Gasteiger partial charge on any atom is 0.322 e. The highest BCUT2D eigenvalue weighted by Gasteiger charge is 2.25. The molecule has 0 fully saturated rings. The van der Waals surface area contributed by atoms with Crippen LogP contribution in [0, 0.1) is 0 Å². The van der Waals surface area contributed by atoms with Crippen molar-refractivity contribution in [1.82, 2.24) is 14.3 Å². The van der Waals surface area contributed by atoms with Gasteiger partial charge in [0.25, 0.3) is 5.56 Å². The van der Waals surface area contributed by atoms with Gasteiger partial charge in [0.2, 0.25) is 6.79 Å². The number of benzene rings is 1. The van der Waals surface area contributed by atoms with Crippen molar-refractivity contribution in [2.24, 2.45) is 0 Å². The van der Waals surface area contributed by atoms with Crippen molar-refractivity contribution in [3.63, 3.8) is 0 Å². The predicted molar refractivity (Wildman–Crippen MR) is 102 cm³/mol. The molecule has 9 heteroatoms. The summed E-state index contributed by atoms with van der Waals surface area (Å²) in [7, 11) is 0. The summed E-state index contributed by atoms with van der Waals surface area (Å²) in [6.07, 6.45) is 2.05. The van der Waals surface area contributed by atoms with Crippen LogP contribution in [0.1, 0.15) is 11.3 Å². The van der Waals surface area contributed by atoms with Crippen LogP contribution in [0.5, 0.6) is 11.5 Å². The van der Waals surface area contributed by atoms with Gasteiger partial charge in [-0.3, -0.25) is 9.20 Å². The van der Waals surface area contributed by atoms with Crippen molar-refractivity contribution in [2.45, 2.75) is 13.0 Å². The van der Waals surface area contributed by atoms with Crippen molar-refractivity contribution in [1.29, 1.82) is 0 Å². The van der Waals surface area contributed by atoms with E-state index in [-0.39, 0.29) is 24.9 Å². The molecule has 4 heterocycles. The van der Waals surface area contributed by atoms with Crippen LogP contribution in [-0.4, -0.2) is 33.7 Å². The first kappa shape index (κ1) is 16.9. The maximum atomic E-state index is 12.9. The highest BCUT2D eigenvalue weighted by atomic mass is 35.5. The Morgan fingerprint density at radius 2 is 2.04 bits per heavy atom. The first-order valence-electron chi connectivity index (χ1n) is 8.74. The number of ether oxygens (including phenoxy) is 2. The zero-order valence-corrected chi connectivity index (χ0v) is 15.4. The van der Waals surface area contributed by atoms with Crippen LogP contribution in [0.2, 0.25) is 5.02 Å². The Bertz CT molecular complexity index is 1180. The van der Waals surface area contributed by atoms with E-state index in [2.05, 4.69) is 10.3 Å². The van der Waals surface area contributed by atoms with Crippen LogP contribution in [0.15, 0.2) is 41.3 Å². The Morgan fingerprint density at radius 1 is 1.18 bits per heavy atom.